The van der Waals surface area contributed by atoms with Crippen molar-refractivity contribution in [3.05, 3.63) is 65.3 Å². The first-order valence-corrected chi connectivity index (χ1v) is 10.5. The molecule has 1 aliphatic rings. The fraction of sp³-hybridized carbons (Fsp3) is 0.286. The van der Waals surface area contributed by atoms with Gasteiger partial charge in [-0.05, 0) is 30.3 Å². The second kappa shape index (κ2) is 9.38. The second-order valence-electron chi connectivity index (χ2n) is 7.09. The monoisotopic (exact) mass is 429 g/mol. The number of carbonyl (C=O) groups excluding carboxylic acids is 1. The summed E-state index contributed by atoms with van der Waals surface area (Å²) < 4.78 is 26.5. The Labute approximate surface area is 177 Å². The van der Waals surface area contributed by atoms with Gasteiger partial charge in [0.25, 0.3) is 0 Å². The molecular formula is C21H21F2N5OS. The summed E-state index contributed by atoms with van der Waals surface area (Å²) in [5.41, 5.74) is 2.01. The van der Waals surface area contributed by atoms with Gasteiger partial charge in [-0.2, -0.15) is 0 Å². The van der Waals surface area contributed by atoms with E-state index in [1.807, 2.05) is 18.2 Å². The molecule has 0 bridgehead atoms. The highest BCUT2D eigenvalue weighted by molar-refractivity contribution is 7.14. The molecule has 2 aromatic heterocycles. The van der Waals surface area contributed by atoms with Crippen LogP contribution in [0.3, 0.4) is 0 Å². The number of pyridine rings is 1. The lowest BCUT2D eigenvalue weighted by Crippen LogP contribution is -2.48. The van der Waals surface area contributed by atoms with Crippen molar-refractivity contribution in [2.24, 2.45) is 0 Å². The first-order chi connectivity index (χ1) is 14.6. The third-order valence-corrected chi connectivity index (χ3v) is 5.67. The SMILES string of the molecule is O=C(CN1CCN(Cc2ccccn2)CC1)Nc1nc(-c2ccc(F)c(F)c2)cs1. The Morgan fingerprint density at radius 1 is 1.07 bits per heavy atom. The van der Waals surface area contributed by atoms with Gasteiger partial charge in [0, 0.05) is 49.9 Å². The third-order valence-electron chi connectivity index (χ3n) is 4.91. The van der Waals surface area contributed by atoms with Gasteiger partial charge in [-0.1, -0.05) is 6.07 Å². The zero-order chi connectivity index (χ0) is 20.9. The normalized spacial score (nSPS) is 15.3. The van der Waals surface area contributed by atoms with E-state index in [4.69, 9.17) is 0 Å². The third kappa shape index (κ3) is 5.24. The fourth-order valence-corrected chi connectivity index (χ4v) is 4.04. The number of hydrogen-bond acceptors (Lipinski definition) is 6. The number of rotatable bonds is 6. The van der Waals surface area contributed by atoms with Gasteiger partial charge in [0.05, 0.1) is 17.9 Å². The number of anilines is 1. The van der Waals surface area contributed by atoms with Crippen molar-refractivity contribution in [1.82, 2.24) is 19.8 Å². The lowest BCUT2D eigenvalue weighted by molar-refractivity contribution is -0.117. The summed E-state index contributed by atoms with van der Waals surface area (Å²) in [6, 6.07) is 9.53. The second-order valence-corrected chi connectivity index (χ2v) is 7.95. The number of aromatic nitrogens is 2. The zero-order valence-electron chi connectivity index (χ0n) is 16.2. The fourth-order valence-electron chi connectivity index (χ4n) is 3.31. The van der Waals surface area contributed by atoms with Crippen molar-refractivity contribution in [2.75, 3.05) is 38.0 Å². The molecular weight excluding hydrogens is 408 g/mol. The van der Waals surface area contributed by atoms with E-state index in [-0.39, 0.29) is 12.5 Å². The van der Waals surface area contributed by atoms with E-state index in [9.17, 15) is 13.6 Å². The minimum absolute atomic E-state index is 0.139. The van der Waals surface area contributed by atoms with Gasteiger partial charge in [0.2, 0.25) is 5.91 Å². The summed E-state index contributed by atoms with van der Waals surface area (Å²) in [6.45, 7) is 4.46. The number of hydrogen-bond donors (Lipinski definition) is 1. The van der Waals surface area contributed by atoms with Crippen LogP contribution >= 0.6 is 11.3 Å². The highest BCUT2D eigenvalue weighted by Gasteiger charge is 2.20. The first-order valence-electron chi connectivity index (χ1n) is 9.62. The Bertz CT molecular complexity index is 1010. The predicted octanol–water partition coefficient (Wildman–Crippen LogP) is 3.24. The molecule has 156 valence electrons. The van der Waals surface area contributed by atoms with Gasteiger partial charge in [-0.25, -0.2) is 13.8 Å². The Morgan fingerprint density at radius 3 is 2.60 bits per heavy atom. The van der Waals surface area contributed by atoms with E-state index >= 15 is 0 Å². The number of benzene rings is 1. The van der Waals surface area contributed by atoms with Crippen molar-refractivity contribution >= 4 is 22.4 Å². The number of carbonyl (C=O) groups is 1. The molecule has 1 N–H and O–H groups in total. The minimum Gasteiger partial charge on any atom is -0.301 e. The molecule has 4 rings (SSSR count). The Balaban J connectivity index is 1.25. The lowest BCUT2D eigenvalue weighted by atomic mass is 10.2. The van der Waals surface area contributed by atoms with Crippen molar-refractivity contribution in [1.29, 1.82) is 0 Å². The first kappa shape index (κ1) is 20.5. The van der Waals surface area contributed by atoms with E-state index in [2.05, 4.69) is 25.1 Å². The van der Waals surface area contributed by atoms with E-state index in [0.29, 0.717) is 16.4 Å². The van der Waals surface area contributed by atoms with Crippen LogP contribution in [0.15, 0.2) is 48.0 Å². The molecule has 1 saturated heterocycles. The zero-order valence-corrected chi connectivity index (χ0v) is 17.0. The molecule has 30 heavy (non-hydrogen) atoms. The molecule has 0 spiro atoms. The number of amides is 1. The maximum absolute atomic E-state index is 13.4. The van der Waals surface area contributed by atoms with Crippen LogP contribution in [0.1, 0.15) is 5.69 Å². The van der Waals surface area contributed by atoms with Crippen molar-refractivity contribution in [3.8, 4) is 11.3 Å². The standard InChI is InChI=1S/C21H21F2N5OS/c22-17-5-4-15(11-18(17)23)19-14-30-21(25-19)26-20(29)13-28-9-7-27(8-10-28)12-16-3-1-2-6-24-16/h1-6,11,14H,7-10,12-13H2,(H,25,26,29). The Morgan fingerprint density at radius 2 is 1.87 bits per heavy atom. The van der Waals surface area contributed by atoms with Crippen LogP contribution in [0.2, 0.25) is 0 Å². The molecule has 1 amide bonds. The van der Waals surface area contributed by atoms with Crippen LogP contribution in [-0.2, 0) is 11.3 Å². The summed E-state index contributed by atoms with van der Waals surface area (Å²) in [6.07, 6.45) is 1.80. The van der Waals surface area contributed by atoms with Crippen LogP contribution in [0.4, 0.5) is 13.9 Å². The quantitative estimate of drug-likeness (QED) is 0.652. The molecule has 3 heterocycles. The number of nitrogens with zero attached hydrogens (tertiary/aromatic N) is 4. The molecule has 6 nitrogen and oxygen atoms in total. The van der Waals surface area contributed by atoms with Gasteiger partial charge in [-0.15, -0.1) is 11.3 Å². The number of thiazole rings is 1. The molecule has 0 radical (unpaired) electrons. The molecule has 1 aliphatic heterocycles. The minimum atomic E-state index is -0.923. The Hall–Kier alpha value is -2.75. The summed E-state index contributed by atoms with van der Waals surface area (Å²) in [4.78, 5) is 25.5. The molecule has 1 fully saturated rings. The van der Waals surface area contributed by atoms with E-state index in [1.54, 1.807) is 11.6 Å². The molecule has 0 aliphatic carbocycles. The predicted molar refractivity (Wildman–Crippen MR) is 112 cm³/mol. The highest BCUT2D eigenvalue weighted by Crippen LogP contribution is 2.26. The van der Waals surface area contributed by atoms with Crippen molar-refractivity contribution < 1.29 is 13.6 Å². The summed E-state index contributed by atoms with van der Waals surface area (Å²) >= 11 is 1.25. The molecule has 0 atom stereocenters. The van der Waals surface area contributed by atoms with Gasteiger partial charge < -0.3 is 5.32 Å². The number of nitrogens with one attached hydrogen (secondary N) is 1. The number of halogens is 2. The van der Waals surface area contributed by atoms with Crippen molar-refractivity contribution in [3.63, 3.8) is 0 Å². The Kier molecular flexibility index (Phi) is 6.41. The summed E-state index contributed by atoms with van der Waals surface area (Å²) in [7, 11) is 0. The number of piperazine rings is 1. The van der Waals surface area contributed by atoms with Gasteiger partial charge >= 0.3 is 0 Å². The summed E-state index contributed by atoms with van der Waals surface area (Å²) in [5.74, 6) is -1.96. The average Bonchev–Trinajstić information content (AvgIpc) is 3.20. The van der Waals surface area contributed by atoms with Gasteiger partial charge in [0.1, 0.15) is 0 Å². The average molecular weight is 429 g/mol. The largest absolute Gasteiger partial charge is 0.301 e. The van der Waals surface area contributed by atoms with Crippen molar-refractivity contribution in [2.45, 2.75) is 6.54 Å². The van der Waals surface area contributed by atoms with Crippen LogP contribution in [0, 0.1) is 11.6 Å². The molecule has 0 unspecified atom stereocenters. The maximum atomic E-state index is 13.4. The van der Waals surface area contributed by atoms with E-state index < -0.39 is 11.6 Å². The molecule has 3 aromatic rings. The van der Waals surface area contributed by atoms with Crippen LogP contribution in [-0.4, -0.2) is 58.4 Å². The molecule has 0 saturated carbocycles. The lowest BCUT2D eigenvalue weighted by Gasteiger charge is -2.33. The highest BCUT2D eigenvalue weighted by atomic mass is 32.1. The van der Waals surface area contributed by atoms with Crippen LogP contribution in [0.5, 0.6) is 0 Å². The van der Waals surface area contributed by atoms with Gasteiger partial charge in [0.15, 0.2) is 16.8 Å². The van der Waals surface area contributed by atoms with E-state index in [0.717, 1.165) is 50.6 Å². The smallest absolute Gasteiger partial charge is 0.240 e. The molecule has 1 aromatic carbocycles. The topological polar surface area (TPSA) is 61.4 Å². The molecule has 9 heteroatoms. The van der Waals surface area contributed by atoms with E-state index in [1.165, 1.54) is 17.4 Å². The van der Waals surface area contributed by atoms with Crippen LogP contribution < -0.4 is 5.32 Å². The van der Waals surface area contributed by atoms with Crippen LogP contribution in [0.25, 0.3) is 11.3 Å². The summed E-state index contributed by atoms with van der Waals surface area (Å²) in [5, 5.41) is 4.94. The maximum Gasteiger partial charge on any atom is 0.240 e. The van der Waals surface area contributed by atoms with Gasteiger partial charge in [-0.3, -0.25) is 19.6 Å².